The van der Waals surface area contributed by atoms with Gasteiger partial charge in [0, 0.05) is 19.3 Å². The Morgan fingerprint density at radius 3 is 2.17 bits per heavy atom. The molecule has 24 heavy (non-hydrogen) atoms. The number of unbranched alkanes of at least 4 members (excludes halogenated alkanes) is 3. The molecule has 0 aliphatic heterocycles. The molecule has 1 aliphatic carbocycles. The molecule has 2 N–H and O–H groups in total. The Kier molecular flexibility index (Phi) is 10.2. The Balaban J connectivity index is 2.36. The highest BCUT2D eigenvalue weighted by atomic mass is 16.5. The van der Waals surface area contributed by atoms with Crippen LogP contribution in [-0.4, -0.2) is 41.3 Å². The highest BCUT2D eigenvalue weighted by Crippen LogP contribution is 2.39. The minimum absolute atomic E-state index is 0.00625. The average Bonchev–Trinajstić information content (AvgIpc) is 2.82. The van der Waals surface area contributed by atoms with Gasteiger partial charge in [0.25, 0.3) is 0 Å². The number of carbonyl (C=O) groups is 2. The lowest BCUT2D eigenvalue weighted by atomic mass is 9.85. The highest BCUT2D eigenvalue weighted by Gasteiger charge is 2.40. The van der Waals surface area contributed by atoms with Gasteiger partial charge >= 0.3 is 5.97 Å². The predicted molar refractivity (Wildman–Crippen MR) is 92.5 cm³/mol. The van der Waals surface area contributed by atoms with Crippen molar-refractivity contribution in [1.29, 1.82) is 0 Å². The van der Waals surface area contributed by atoms with Crippen LogP contribution in [0.4, 0.5) is 0 Å². The molecule has 1 saturated carbocycles. The van der Waals surface area contributed by atoms with E-state index < -0.39 is 12.2 Å². The van der Waals surface area contributed by atoms with Crippen LogP contribution in [0.2, 0.25) is 0 Å². The third-order valence-corrected chi connectivity index (χ3v) is 5.23. The van der Waals surface area contributed by atoms with Gasteiger partial charge in [0.2, 0.25) is 0 Å². The molecule has 5 nitrogen and oxygen atoms in total. The second-order valence-corrected chi connectivity index (χ2v) is 7.05. The van der Waals surface area contributed by atoms with Crippen molar-refractivity contribution in [2.75, 3.05) is 7.11 Å². The third kappa shape index (κ3) is 7.31. The molecule has 4 atom stereocenters. The summed E-state index contributed by atoms with van der Waals surface area (Å²) in [6.07, 6.45) is 7.02. The van der Waals surface area contributed by atoms with Gasteiger partial charge in [-0.25, -0.2) is 0 Å². The summed E-state index contributed by atoms with van der Waals surface area (Å²) in [6, 6.07) is 0. The smallest absolute Gasteiger partial charge is 0.305 e. The van der Waals surface area contributed by atoms with Crippen LogP contribution in [0.1, 0.15) is 77.6 Å². The van der Waals surface area contributed by atoms with Gasteiger partial charge in [-0.15, -0.1) is 0 Å². The van der Waals surface area contributed by atoms with Crippen molar-refractivity contribution in [2.45, 2.75) is 89.8 Å². The molecule has 1 rings (SSSR count). The Bertz CT molecular complexity index is 382. The Morgan fingerprint density at radius 1 is 0.917 bits per heavy atom. The molecule has 0 bridgehead atoms. The number of aliphatic hydroxyl groups is 2. The minimum atomic E-state index is -0.519. The summed E-state index contributed by atoms with van der Waals surface area (Å²) in [5, 5.41) is 20.4. The second-order valence-electron chi connectivity index (χ2n) is 7.05. The summed E-state index contributed by atoms with van der Waals surface area (Å²) < 4.78 is 4.62. The summed E-state index contributed by atoms with van der Waals surface area (Å²) in [7, 11) is 1.38. The van der Waals surface area contributed by atoms with Crippen LogP contribution in [0.25, 0.3) is 0 Å². The van der Waals surface area contributed by atoms with Crippen LogP contribution in [0, 0.1) is 11.8 Å². The zero-order valence-corrected chi connectivity index (χ0v) is 15.2. The molecule has 0 aromatic rings. The van der Waals surface area contributed by atoms with Crippen LogP contribution < -0.4 is 0 Å². The van der Waals surface area contributed by atoms with Crippen molar-refractivity contribution in [1.82, 2.24) is 0 Å². The van der Waals surface area contributed by atoms with Gasteiger partial charge in [0.1, 0.15) is 5.78 Å². The van der Waals surface area contributed by atoms with E-state index in [2.05, 4.69) is 11.7 Å². The topological polar surface area (TPSA) is 83.8 Å². The van der Waals surface area contributed by atoms with Gasteiger partial charge in [-0.1, -0.05) is 26.2 Å². The summed E-state index contributed by atoms with van der Waals surface area (Å²) in [5.74, 6) is 0.0760. The van der Waals surface area contributed by atoms with E-state index in [0.29, 0.717) is 32.1 Å². The number of esters is 1. The van der Waals surface area contributed by atoms with E-state index in [4.69, 9.17) is 0 Å². The van der Waals surface area contributed by atoms with Gasteiger partial charge in [-0.3, -0.25) is 9.59 Å². The molecule has 0 heterocycles. The SMILES string of the molecule is CCCCCC(=O)CCC1C(O)CC(O)C1CCCCC(=O)OC. The fourth-order valence-corrected chi connectivity index (χ4v) is 3.76. The number of ketones is 1. The first kappa shape index (κ1) is 21.1. The monoisotopic (exact) mass is 342 g/mol. The van der Waals surface area contributed by atoms with Crippen molar-refractivity contribution in [3.63, 3.8) is 0 Å². The third-order valence-electron chi connectivity index (χ3n) is 5.23. The highest BCUT2D eigenvalue weighted by molar-refractivity contribution is 5.78. The van der Waals surface area contributed by atoms with Crippen LogP contribution in [0.3, 0.4) is 0 Å². The number of hydrogen-bond acceptors (Lipinski definition) is 5. The maximum absolute atomic E-state index is 11.9. The minimum Gasteiger partial charge on any atom is -0.469 e. The van der Waals surface area contributed by atoms with Crippen molar-refractivity contribution in [3.8, 4) is 0 Å². The van der Waals surface area contributed by atoms with Crippen LogP contribution in [-0.2, 0) is 14.3 Å². The number of methoxy groups -OCH3 is 1. The second kappa shape index (κ2) is 11.6. The summed E-state index contributed by atoms with van der Waals surface area (Å²) in [6.45, 7) is 2.12. The molecule has 140 valence electrons. The van der Waals surface area contributed by atoms with E-state index in [1.54, 1.807) is 0 Å². The summed E-state index contributed by atoms with van der Waals surface area (Å²) >= 11 is 0. The molecule has 1 fully saturated rings. The van der Waals surface area contributed by atoms with Gasteiger partial charge in [0.05, 0.1) is 19.3 Å². The van der Waals surface area contributed by atoms with Crippen molar-refractivity contribution in [2.24, 2.45) is 11.8 Å². The maximum Gasteiger partial charge on any atom is 0.305 e. The van der Waals surface area contributed by atoms with Gasteiger partial charge < -0.3 is 14.9 Å². The molecule has 4 unspecified atom stereocenters. The first-order valence-electron chi connectivity index (χ1n) is 9.44. The van der Waals surface area contributed by atoms with E-state index in [0.717, 1.165) is 38.5 Å². The molecule has 0 aromatic carbocycles. The zero-order chi connectivity index (χ0) is 17.9. The lowest BCUT2D eigenvalue weighted by Crippen LogP contribution is -2.23. The van der Waals surface area contributed by atoms with Crippen molar-refractivity contribution < 1.29 is 24.5 Å². The standard InChI is InChI=1S/C19H34O5/c1-3-4-5-8-14(20)11-12-16-15(17(21)13-18(16)22)9-6-7-10-19(23)24-2/h15-18,21-22H,3-13H2,1-2H3. The largest absolute Gasteiger partial charge is 0.469 e. The summed E-state index contributed by atoms with van der Waals surface area (Å²) in [5.41, 5.74) is 0. The molecule has 0 aromatic heterocycles. The van der Waals surface area contributed by atoms with Crippen LogP contribution in [0.15, 0.2) is 0 Å². The molecular weight excluding hydrogens is 308 g/mol. The first-order chi connectivity index (χ1) is 11.5. The molecular formula is C19H34O5. The van der Waals surface area contributed by atoms with E-state index >= 15 is 0 Å². The van der Waals surface area contributed by atoms with Gasteiger partial charge in [-0.2, -0.15) is 0 Å². The van der Waals surface area contributed by atoms with Crippen molar-refractivity contribution in [3.05, 3.63) is 0 Å². The molecule has 1 aliphatic rings. The normalized spacial score (nSPS) is 26.5. The fourth-order valence-electron chi connectivity index (χ4n) is 3.76. The maximum atomic E-state index is 11.9. The van der Waals surface area contributed by atoms with Gasteiger partial charge in [0.15, 0.2) is 0 Å². The number of aliphatic hydroxyl groups excluding tert-OH is 2. The lowest BCUT2D eigenvalue weighted by molar-refractivity contribution is -0.140. The van der Waals surface area contributed by atoms with E-state index in [1.807, 2.05) is 0 Å². The van der Waals surface area contributed by atoms with E-state index in [-0.39, 0.29) is 23.6 Å². The van der Waals surface area contributed by atoms with E-state index in [1.165, 1.54) is 7.11 Å². The number of Topliss-reactive ketones (excluding diaryl/α,β-unsaturated/α-hetero) is 1. The number of carbonyl (C=O) groups excluding carboxylic acids is 2. The molecule has 0 radical (unpaired) electrons. The lowest BCUT2D eigenvalue weighted by Gasteiger charge is -2.23. The number of rotatable bonds is 12. The molecule has 0 amide bonds. The molecule has 0 saturated heterocycles. The first-order valence-corrected chi connectivity index (χ1v) is 9.44. The van der Waals surface area contributed by atoms with E-state index in [9.17, 15) is 19.8 Å². The quantitative estimate of drug-likeness (QED) is 0.421. The number of hydrogen-bond donors (Lipinski definition) is 2. The summed E-state index contributed by atoms with van der Waals surface area (Å²) in [4.78, 5) is 23.1. The molecule has 0 spiro atoms. The Hall–Kier alpha value is -0.940. The zero-order valence-electron chi connectivity index (χ0n) is 15.2. The van der Waals surface area contributed by atoms with Crippen LogP contribution in [0.5, 0.6) is 0 Å². The Labute approximate surface area is 145 Å². The Morgan fingerprint density at radius 2 is 1.54 bits per heavy atom. The van der Waals surface area contributed by atoms with Crippen LogP contribution >= 0.6 is 0 Å². The predicted octanol–water partition coefficient (Wildman–Crippen LogP) is 3.01. The van der Waals surface area contributed by atoms with Crippen molar-refractivity contribution >= 4 is 11.8 Å². The van der Waals surface area contributed by atoms with Gasteiger partial charge in [-0.05, 0) is 43.9 Å². The number of ether oxygens (including phenoxy) is 1. The fraction of sp³-hybridized carbons (Fsp3) is 0.895. The molecule has 5 heteroatoms. The average molecular weight is 342 g/mol.